The van der Waals surface area contributed by atoms with Gasteiger partial charge >= 0.3 is 0 Å². The highest BCUT2D eigenvalue weighted by Crippen LogP contribution is 2.40. The number of rotatable bonds is 6. The first kappa shape index (κ1) is 16.1. The molecule has 23 heavy (non-hydrogen) atoms. The van der Waals surface area contributed by atoms with Crippen LogP contribution in [0, 0.1) is 0 Å². The number of guanidine groups is 1. The first-order chi connectivity index (χ1) is 11.3. The molecule has 2 atom stereocenters. The highest BCUT2D eigenvalue weighted by molar-refractivity contribution is 9.10. The average Bonchev–Trinajstić information content (AvgIpc) is 3.13. The fourth-order valence-electron chi connectivity index (χ4n) is 2.68. The van der Waals surface area contributed by atoms with E-state index in [0.717, 1.165) is 36.4 Å². The van der Waals surface area contributed by atoms with E-state index in [4.69, 9.17) is 0 Å². The average molecular weight is 376 g/mol. The number of aryl methyl sites for hydroxylation is 1. The Labute approximate surface area is 145 Å². The maximum absolute atomic E-state index is 4.31. The third-order valence-corrected chi connectivity index (χ3v) is 4.58. The Morgan fingerprint density at radius 1 is 1.39 bits per heavy atom. The summed E-state index contributed by atoms with van der Waals surface area (Å²) in [4.78, 5) is 4.31. The predicted octanol–water partition coefficient (Wildman–Crippen LogP) is 2.76. The lowest BCUT2D eigenvalue weighted by molar-refractivity contribution is 0.570. The van der Waals surface area contributed by atoms with Crippen LogP contribution in [0.15, 0.2) is 52.2 Å². The Hall–Kier alpha value is -1.82. The van der Waals surface area contributed by atoms with Crippen molar-refractivity contribution in [1.29, 1.82) is 0 Å². The zero-order valence-electron chi connectivity index (χ0n) is 13.2. The van der Waals surface area contributed by atoms with E-state index >= 15 is 0 Å². The minimum Gasteiger partial charge on any atom is -0.356 e. The molecule has 5 nitrogen and oxygen atoms in total. The predicted molar refractivity (Wildman–Crippen MR) is 96.6 cm³/mol. The third kappa shape index (κ3) is 4.58. The van der Waals surface area contributed by atoms with Crippen molar-refractivity contribution in [3.05, 3.63) is 52.8 Å². The van der Waals surface area contributed by atoms with Gasteiger partial charge in [-0.1, -0.05) is 28.1 Å². The van der Waals surface area contributed by atoms with Crippen LogP contribution in [0.4, 0.5) is 0 Å². The molecule has 1 heterocycles. The van der Waals surface area contributed by atoms with Gasteiger partial charge < -0.3 is 10.6 Å². The summed E-state index contributed by atoms with van der Waals surface area (Å²) < 4.78 is 3.07. The zero-order valence-corrected chi connectivity index (χ0v) is 14.8. The van der Waals surface area contributed by atoms with E-state index in [1.807, 2.05) is 30.2 Å². The summed E-state index contributed by atoms with van der Waals surface area (Å²) in [6.07, 6.45) is 5.97. The van der Waals surface area contributed by atoms with Crippen molar-refractivity contribution in [3.8, 4) is 0 Å². The number of benzene rings is 1. The van der Waals surface area contributed by atoms with Crippen LogP contribution in [-0.4, -0.2) is 35.4 Å². The van der Waals surface area contributed by atoms with Crippen LogP contribution in [0.3, 0.4) is 0 Å². The molecular weight excluding hydrogens is 354 g/mol. The molecule has 0 bridgehead atoms. The maximum Gasteiger partial charge on any atom is 0.191 e. The third-order valence-electron chi connectivity index (χ3n) is 4.05. The summed E-state index contributed by atoms with van der Waals surface area (Å²) in [5.74, 6) is 1.47. The molecule has 0 saturated heterocycles. The summed E-state index contributed by atoms with van der Waals surface area (Å²) in [7, 11) is 1.82. The molecule has 0 radical (unpaired) electrons. The number of hydrogen-bond donors (Lipinski definition) is 2. The molecule has 0 aliphatic heterocycles. The zero-order chi connectivity index (χ0) is 16.1. The molecule has 1 aromatic carbocycles. The van der Waals surface area contributed by atoms with Crippen molar-refractivity contribution in [1.82, 2.24) is 20.4 Å². The molecule has 6 heteroatoms. The van der Waals surface area contributed by atoms with Crippen LogP contribution in [0.25, 0.3) is 0 Å². The van der Waals surface area contributed by atoms with Crippen LogP contribution in [0.1, 0.15) is 24.3 Å². The topological polar surface area (TPSA) is 54.2 Å². The smallest absolute Gasteiger partial charge is 0.191 e. The maximum atomic E-state index is 4.31. The second-order valence-corrected chi connectivity index (χ2v) is 6.68. The van der Waals surface area contributed by atoms with Gasteiger partial charge in [-0.05, 0) is 36.6 Å². The van der Waals surface area contributed by atoms with Gasteiger partial charge in [0.25, 0.3) is 0 Å². The van der Waals surface area contributed by atoms with Crippen LogP contribution in [0.2, 0.25) is 0 Å². The van der Waals surface area contributed by atoms with E-state index in [1.54, 1.807) is 0 Å². The lowest BCUT2D eigenvalue weighted by Crippen LogP contribution is -2.39. The van der Waals surface area contributed by atoms with E-state index in [-0.39, 0.29) is 0 Å². The van der Waals surface area contributed by atoms with E-state index in [0.29, 0.717) is 12.0 Å². The van der Waals surface area contributed by atoms with Crippen LogP contribution < -0.4 is 10.6 Å². The minimum atomic E-state index is 0.480. The Bertz CT molecular complexity index is 636. The van der Waals surface area contributed by atoms with Crippen molar-refractivity contribution in [3.63, 3.8) is 0 Å². The van der Waals surface area contributed by atoms with Crippen molar-refractivity contribution in [2.45, 2.75) is 31.3 Å². The quantitative estimate of drug-likeness (QED) is 0.463. The second kappa shape index (κ2) is 7.64. The molecule has 1 fully saturated rings. The molecule has 1 aromatic heterocycles. The number of aliphatic imine (C=N–C) groups is 1. The molecule has 2 aromatic rings. The van der Waals surface area contributed by atoms with E-state index in [2.05, 4.69) is 60.9 Å². The number of halogens is 1. The van der Waals surface area contributed by atoms with Crippen molar-refractivity contribution in [2.75, 3.05) is 13.6 Å². The molecule has 1 saturated carbocycles. The normalized spacial score (nSPS) is 20.3. The van der Waals surface area contributed by atoms with Gasteiger partial charge in [0.05, 0.1) is 0 Å². The Kier molecular flexibility index (Phi) is 5.33. The number of nitrogens with zero attached hydrogens (tertiary/aromatic N) is 3. The lowest BCUT2D eigenvalue weighted by atomic mass is 10.1. The first-order valence-corrected chi connectivity index (χ1v) is 8.75. The van der Waals surface area contributed by atoms with Crippen LogP contribution in [-0.2, 0) is 6.54 Å². The van der Waals surface area contributed by atoms with Crippen molar-refractivity contribution >= 4 is 21.9 Å². The van der Waals surface area contributed by atoms with Gasteiger partial charge in [-0.3, -0.25) is 9.67 Å². The number of aromatic nitrogens is 2. The molecule has 1 aliphatic rings. The van der Waals surface area contributed by atoms with Gasteiger partial charge in [-0.15, -0.1) is 0 Å². The fourth-order valence-corrected chi connectivity index (χ4v) is 2.95. The molecule has 0 spiro atoms. The highest BCUT2D eigenvalue weighted by atomic mass is 79.9. The fraction of sp³-hybridized carbons (Fsp3) is 0.412. The standard InChI is InChI=1S/C17H22BrN5/c1-19-17(20-8-2-10-23-11-3-9-21-23)22-16-12-15(16)13-4-6-14(18)7-5-13/h3-7,9,11,15-16H,2,8,10,12H2,1H3,(H2,19,20,22). The second-order valence-electron chi connectivity index (χ2n) is 5.77. The van der Waals surface area contributed by atoms with Gasteiger partial charge in [-0.25, -0.2) is 0 Å². The van der Waals surface area contributed by atoms with E-state index in [9.17, 15) is 0 Å². The summed E-state index contributed by atoms with van der Waals surface area (Å²) in [6, 6.07) is 11.0. The molecule has 2 N–H and O–H groups in total. The van der Waals surface area contributed by atoms with Gasteiger partial charge in [0.1, 0.15) is 0 Å². The van der Waals surface area contributed by atoms with Gasteiger partial charge in [0.2, 0.25) is 0 Å². The van der Waals surface area contributed by atoms with Crippen LogP contribution in [0.5, 0.6) is 0 Å². The molecule has 3 rings (SSSR count). The van der Waals surface area contributed by atoms with Gasteiger partial charge in [0, 0.05) is 49.0 Å². The number of nitrogens with one attached hydrogen (secondary N) is 2. The summed E-state index contributed by atoms with van der Waals surface area (Å²) in [6.45, 7) is 1.80. The summed E-state index contributed by atoms with van der Waals surface area (Å²) in [5, 5.41) is 11.1. The molecular formula is C17H22BrN5. The Morgan fingerprint density at radius 3 is 2.91 bits per heavy atom. The molecule has 2 unspecified atom stereocenters. The van der Waals surface area contributed by atoms with Gasteiger partial charge in [0.15, 0.2) is 5.96 Å². The van der Waals surface area contributed by atoms with Crippen molar-refractivity contribution < 1.29 is 0 Å². The van der Waals surface area contributed by atoms with Crippen LogP contribution >= 0.6 is 15.9 Å². The van der Waals surface area contributed by atoms with E-state index in [1.165, 1.54) is 5.56 Å². The monoisotopic (exact) mass is 375 g/mol. The van der Waals surface area contributed by atoms with E-state index < -0.39 is 0 Å². The minimum absolute atomic E-state index is 0.480. The number of hydrogen-bond acceptors (Lipinski definition) is 2. The Morgan fingerprint density at radius 2 is 2.22 bits per heavy atom. The summed E-state index contributed by atoms with van der Waals surface area (Å²) in [5.41, 5.74) is 1.39. The lowest BCUT2D eigenvalue weighted by Gasteiger charge is -2.12. The largest absolute Gasteiger partial charge is 0.356 e. The molecule has 122 valence electrons. The SMILES string of the molecule is CN=C(NCCCn1cccn1)NC1CC1c1ccc(Br)cc1. The molecule has 1 aliphatic carbocycles. The van der Waals surface area contributed by atoms with Gasteiger partial charge in [-0.2, -0.15) is 5.10 Å². The Balaban J connectivity index is 1.39. The summed E-state index contributed by atoms with van der Waals surface area (Å²) >= 11 is 3.48. The first-order valence-electron chi connectivity index (χ1n) is 7.96. The van der Waals surface area contributed by atoms with Crippen molar-refractivity contribution in [2.24, 2.45) is 4.99 Å². The highest BCUT2D eigenvalue weighted by Gasteiger charge is 2.38. The molecule has 0 amide bonds.